The number of imidazole rings is 1. The van der Waals surface area contributed by atoms with E-state index in [-0.39, 0.29) is 10.2 Å². The molecule has 0 aromatic carbocycles. The number of sulfonamides is 1. The highest BCUT2D eigenvalue weighted by molar-refractivity contribution is 7.89. The molecular weight excluding hydrogens is 332 g/mol. The zero-order valence-corrected chi connectivity index (χ0v) is 14.7. The molecule has 0 radical (unpaired) electrons. The van der Waals surface area contributed by atoms with E-state index in [0.29, 0.717) is 24.6 Å². The monoisotopic (exact) mass is 350 g/mol. The Balaban J connectivity index is 2.41. The van der Waals surface area contributed by atoms with Crippen molar-refractivity contribution in [2.75, 3.05) is 33.7 Å². The molecule has 2 aromatic heterocycles. The van der Waals surface area contributed by atoms with Gasteiger partial charge in [0.25, 0.3) is 10.0 Å². The van der Waals surface area contributed by atoms with E-state index >= 15 is 0 Å². The van der Waals surface area contributed by atoms with Crippen LogP contribution in [0.25, 0.3) is 4.96 Å². The fraction of sp³-hybridized carbons (Fsp3) is 0.583. The molecule has 2 aromatic rings. The second-order valence-electron chi connectivity index (χ2n) is 4.97. The maximum absolute atomic E-state index is 12.9. The second kappa shape index (κ2) is 6.62. The molecule has 0 fully saturated rings. The van der Waals surface area contributed by atoms with Crippen molar-refractivity contribution in [2.24, 2.45) is 0 Å². The van der Waals surface area contributed by atoms with Crippen LogP contribution in [0.4, 0.5) is 0 Å². The first kappa shape index (κ1) is 16.7. The average molecular weight is 351 g/mol. The summed E-state index contributed by atoms with van der Waals surface area (Å²) < 4.78 is 28.8. The summed E-state index contributed by atoms with van der Waals surface area (Å²) in [6.07, 6.45) is 2.43. The van der Waals surface area contributed by atoms with Crippen molar-refractivity contribution in [1.29, 1.82) is 0 Å². The van der Waals surface area contributed by atoms with Gasteiger partial charge in [0.05, 0.1) is 0 Å². The number of nitrogens with zero attached hydrogens (tertiary/aromatic N) is 4. The summed E-state index contributed by atoms with van der Waals surface area (Å²) in [5.74, 6) is 0. The topological polar surface area (TPSA) is 57.9 Å². The zero-order valence-electron chi connectivity index (χ0n) is 12.3. The summed E-state index contributed by atoms with van der Waals surface area (Å²) in [4.78, 5) is 6.65. The number of likely N-dealkylation sites (N-methyl/N-ethyl adjacent to an activating group) is 1. The van der Waals surface area contributed by atoms with Crippen LogP contribution >= 0.6 is 22.9 Å². The SMILES string of the molecule is CCCN(CCN(C)C)S(=O)(=O)c1c(Cl)nc2sccn12. The fourth-order valence-corrected chi connectivity index (χ4v) is 4.93. The van der Waals surface area contributed by atoms with E-state index in [4.69, 9.17) is 11.6 Å². The van der Waals surface area contributed by atoms with Gasteiger partial charge >= 0.3 is 0 Å². The number of rotatable bonds is 7. The molecule has 9 heteroatoms. The largest absolute Gasteiger partial charge is 0.308 e. The summed E-state index contributed by atoms with van der Waals surface area (Å²) in [7, 11) is 0.172. The molecule has 6 nitrogen and oxygen atoms in total. The molecule has 0 unspecified atom stereocenters. The second-order valence-corrected chi connectivity index (χ2v) is 8.05. The maximum Gasteiger partial charge on any atom is 0.262 e. The van der Waals surface area contributed by atoms with Crippen LogP contribution in [-0.4, -0.2) is 60.7 Å². The standard InChI is InChI=1S/C12H19ClN4O2S2/c1-4-5-16(7-6-15(2)3)21(18,19)11-10(13)14-12-17(11)8-9-20-12/h8-9H,4-7H2,1-3H3. The first-order chi connectivity index (χ1) is 9.87. The minimum absolute atomic E-state index is 0.0350. The lowest BCUT2D eigenvalue weighted by Crippen LogP contribution is -2.37. The van der Waals surface area contributed by atoms with Gasteiger partial charge in [-0.05, 0) is 20.5 Å². The van der Waals surface area contributed by atoms with Gasteiger partial charge in [-0.1, -0.05) is 18.5 Å². The summed E-state index contributed by atoms with van der Waals surface area (Å²) >= 11 is 7.42. The van der Waals surface area contributed by atoms with E-state index in [2.05, 4.69) is 4.98 Å². The lowest BCUT2D eigenvalue weighted by molar-refractivity contribution is 0.332. The van der Waals surface area contributed by atoms with Crippen molar-refractivity contribution < 1.29 is 8.42 Å². The zero-order chi connectivity index (χ0) is 15.6. The molecule has 0 aliphatic rings. The third kappa shape index (κ3) is 3.40. The van der Waals surface area contributed by atoms with Gasteiger partial charge in [-0.2, -0.15) is 4.31 Å². The Labute approximate surface area is 134 Å². The van der Waals surface area contributed by atoms with Crippen LogP contribution in [-0.2, 0) is 10.0 Å². The normalized spacial score (nSPS) is 12.9. The average Bonchev–Trinajstić information content (AvgIpc) is 2.92. The van der Waals surface area contributed by atoms with E-state index in [1.54, 1.807) is 16.0 Å². The Hall–Kier alpha value is -0.670. The van der Waals surface area contributed by atoms with E-state index < -0.39 is 10.0 Å². The predicted octanol–water partition coefficient (Wildman–Crippen LogP) is 2.01. The first-order valence-electron chi connectivity index (χ1n) is 6.64. The number of thiazole rings is 1. The first-order valence-corrected chi connectivity index (χ1v) is 9.33. The van der Waals surface area contributed by atoms with E-state index in [1.165, 1.54) is 15.6 Å². The van der Waals surface area contributed by atoms with Crippen LogP contribution in [0.2, 0.25) is 5.15 Å². The van der Waals surface area contributed by atoms with Gasteiger partial charge in [0.2, 0.25) is 0 Å². The van der Waals surface area contributed by atoms with Gasteiger partial charge in [0, 0.05) is 31.2 Å². The van der Waals surface area contributed by atoms with Crippen LogP contribution in [0.3, 0.4) is 0 Å². The van der Waals surface area contributed by atoms with Crippen LogP contribution in [0.5, 0.6) is 0 Å². The van der Waals surface area contributed by atoms with E-state index in [0.717, 1.165) is 6.42 Å². The molecule has 0 atom stereocenters. The Morgan fingerprint density at radius 1 is 1.33 bits per heavy atom. The molecule has 0 aliphatic carbocycles. The summed E-state index contributed by atoms with van der Waals surface area (Å²) in [5.41, 5.74) is 0. The van der Waals surface area contributed by atoms with Crippen molar-refractivity contribution in [3.05, 3.63) is 16.7 Å². The van der Waals surface area contributed by atoms with Crippen molar-refractivity contribution in [2.45, 2.75) is 18.4 Å². The van der Waals surface area contributed by atoms with Gasteiger partial charge in [0.15, 0.2) is 15.1 Å². The minimum atomic E-state index is -3.66. The number of hydrogen-bond donors (Lipinski definition) is 0. The van der Waals surface area contributed by atoms with Crippen molar-refractivity contribution in [3.63, 3.8) is 0 Å². The van der Waals surface area contributed by atoms with Crippen LogP contribution in [0.1, 0.15) is 13.3 Å². The molecular formula is C12H19ClN4O2S2. The van der Waals surface area contributed by atoms with Crippen molar-refractivity contribution in [3.8, 4) is 0 Å². The van der Waals surface area contributed by atoms with Crippen molar-refractivity contribution >= 4 is 37.9 Å². The van der Waals surface area contributed by atoms with Crippen LogP contribution < -0.4 is 0 Å². The van der Waals surface area contributed by atoms with Gasteiger partial charge in [-0.3, -0.25) is 4.40 Å². The lowest BCUT2D eigenvalue weighted by Gasteiger charge is -2.23. The van der Waals surface area contributed by atoms with Gasteiger partial charge in [-0.15, -0.1) is 11.3 Å². The minimum Gasteiger partial charge on any atom is -0.308 e. The third-order valence-electron chi connectivity index (χ3n) is 3.03. The Kier molecular flexibility index (Phi) is 5.26. The summed E-state index contributed by atoms with van der Waals surface area (Å²) in [6.45, 7) is 3.50. The highest BCUT2D eigenvalue weighted by atomic mass is 35.5. The molecule has 0 N–H and O–H groups in total. The molecule has 2 heterocycles. The molecule has 21 heavy (non-hydrogen) atoms. The number of hydrogen-bond acceptors (Lipinski definition) is 5. The summed E-state index contributed by atoms with van der Waals surface area (Å²) in [5, 5.41) is 1.89. The highest BCUT2D eigenvalue weighted by Crippen LogP contribution is 2.28. The predicted molar refractivity (Wildman–Crippen MR) is 85.7 cm³/mol. The Bertz CT molecular complexity index is 708. The number of aromatic nitrogens is 2. The Morgan fingerprint density at radius 3 is 2.67 bits per heavy atom. The molecule has 0 amide bonds. The smallest absolute Gasteiger partial charge is 0.262 e. The molecule has 0 bridgehead atoms. The van der Waals surface area contributed by atoms with Crippen molar-refractivity contribution in [1.82, 2.24) is 18.6 Å². The fourth-order valence-electron chi connectivity index (χ4n) is 2.00. The molecule has 0 aliphatic heterocycles. The summed E-state index contributed by atoms with van der Waals surface area (Å²) in [6, 6.07) is 0. The molecule has 0 spiro atoms. The number of fused-ring (bicyclic) bond motifs is 1. The quantitative estimate of drug-likeness (QED) is 0.766. The molecule has 2 rings (SSSR count). The highest BCUT2D eigenvalue weighted by Gasteiger charge is 2.30. The number of halogens is 1. The van der Waals surface area contributed by atoms with Gasteiger partial charge < -0.3 is 4.90 Å². The van der Waals surface area contributed by atoms with Crippen LogP contribution in [0, 0.1) is 0 Å². The van der Waals surface area contributed by atoms with Gasteiger partial charge in [0.1, 0.15) is 0 Å². The van der Waals surface area contributed by atoms with E-state index in [1.807, 2.05) is 25.9 Å². The molecule has 0 saturated heterocycles. The van der Waals surface area contributed by atoms with Crippen LogP contribution in [0.15, 0.2) is 16.6 Å². The Morgan fingerprint density at radius 2 is 2.05 bits per heavy atom. The third-order valence-corrected chi connectivity index (χ3v) is 6.09. The van der Waals surface area contributed by atoms with E-state index in [9.17, 15) is 8.42 Å². The lowest BCUT2D eigenvalue weighted by atomic mass is 10.4. The molecule has 0 saturated carbocycles. The molecule has 118 valence electrons. The maximum atomic E-state index is 12.9. The van der Waals surface area contributed by atoms with Gasteiger partial charge in [-0.25, -0.2) is 13.4 Å².